The Morgan fingerprint density at radius 1 is 1.20 bits per heavy atom. The van der Waals surface area contributed by atoms with Gasteiger partial charge in [0.1, 0.15) is 0 Å². The zero-order chi connectivity index (χ0) is 14.2. The van der Waals surface area contributed by atoms with E-state index in [9.17, 15) is 0 Å². The minimum Gasteiger partial charge on any atom is -0.368 e. The van der Waals surface area contributed by atoms with Crippen molar-refractivity contribution < 1.29 is 0 Å². The maximum Gasteiger partial charge on any atom is 0.0447 e. The van der Waals surface area contributed by atoms with Crippen LogP contribution in [0.4, 0.5) is 5.69 Å². The number of rotatable bonds is 2. The Bertz CT molecular complexity index is 625. The standard InChI is InChI=1S/C17H21BrN2/c1-3-17(2)12-20(11-10-19-17)16-9-8-15(18)13-6-4-5-7-14(13)16/h4-9,19H,3,10-12H2,1-2H3. The van der Waals surface area contributed by atoms with E-state index in [2.05, 4.69) is 76.4 Å². The number of benzene rings is 2. The lowest BCUT2D eigenvalue weighted by Crippen LogP contribution is -2.58. The summed E-state index contributed by atoms with van der Waals surface area (Å²) in [5.41, 5.74) is 1.57. The summed E-state index contributed by atoms with van der Waals surface area (Å²) < 4.78 is 1.17. The third-order valence-corrected chi connectivity index (χ3v) is 5.13. The van der Waals surface area contributed by atoms with Crippen LogP contribution in [0.5, 0.6) is 0 Å². The molecular formula is C17H21BrN2. The molecule has 2 aromatic carbocycles. The highest BCUT2D eigenvalue weighted by Gasteiger charge is 2.29. The Morgan fingerprint density at radius 3 is 2.70 bits per heavy atom. The van der Waals surface area contributed by atoms with Gasteiger partial charge in [-0.15, -0.1) is 0 Å². The van der Waals surface area contributed by atoms with Crippen molar-refractivity contribution in [1.82, 2.24) is 5.32 Å². The van der Waals surface area contributed by atoms with E-state index in [1.807, 2.05) is 0 Å². The molecule has 1 saturated heterocycles. The van der Waals surface area contributed by atoms with Gasteiger partial charge in [0.15, 0.2) is 0 Å². The van der Waals surface area contributed by atoms with Crippen LogP contribution in [0.25, 0.3) is 10.8 Å². The summed E-state index contributed by atoms with van der Waals surface area (Å²) in [6.45, 7) is 7.77. The molecule has 20 heavy (non-hydrogen) atoms. The first-order chi connectivity index (χ1) is 9.63. The monoisotopic (exact) mass is 332 g/mol. The Kier molecular flexibility index (Phi) is 3.74. The summed E-state index contributed by atoms with van der Waals surface area (Å²) in [6.07, 6.45) is 1.15. The van der Waals surface area contributed by atoms with Crippen molar-refractivity contribution in [1.29, 1.82) is 0 Å². The van der Waals surface area contributed by atoms with E-state index in [-0.39, 0.29) is 5.54 Å². The van der Waals surface area contributed by atoms with Gasteiger partial charge in [-0.3, -0.25) is 0 Å². The second-order valence-corrected chi connectivity index (χ2v) is 6.73. The topological polar surface area (TPSA) is 15.3 Å². The summed E-state index contributed by atoms with van der Waals surface area (Å²) in [7, 11) is 0. The molecular weight excluding hydrogens is 312 g/mol. The Hall–Kier alpha value is -1.06. The smallest absolute Gasteiger partial charge is 0.0447 e. The van der Waals surface area contributed by atoms with Gasteiger partial charge in [-0.1, -0.05) is 47.1 Å². The first kappa shape index (κ1) is 13.9. The molecule has 0 aliphatic carbocycles. The molecule has 0 saturated carbocycles. The third kappa shape index (κ3) is 2.45. The van der Waals surface area contributed by atoms with E-state index < -0.39 is 0 Å². The van der Waals surface area contributed by atoms with Crippen molar-refractivity contribution in [2.24, 2.45) is 0 Å². The number of piperazine rings is 1. The first-order valence-corrected chi connectivity index (χ1v) is 8.09. The fourth-order valence-electron chi connectivity index (χ4n) is 3.01. The summed E-state index contributed by atoms with van der Waals surface area (Å²) in [5, 5.41) is 6.28. The van der Waals surface area contributed by atoms with Crippen molar-refractivity contribution in [2.45, 2.75) is 25.8 Å². The number of hydrogen-bond acceptors (Lipinski definition) is 2. The molecule has 1 heterocycles. The molecule has 3 rings (SSSR count). The van der Waals surface area contributed by atoms with Crippen molar-refractivity contribution >= 4 is 32.4 Å². The Labute approximate surface area is 129 Å². The van der Waals surface area contributed by atoms with Crippen LogP contribution < -0.4 is 10.2 Å². The van der Waals surface area contributed by atoms with Crippen molar-refractivity contribution in [3.63, 3.8) is 0 Å². The molecule has 0 spiro atoms. The van der Waals surface area contributed by atoms with Gasteiger partial charge in [0.25, 0.3) is 0 Å². The highest BCUT2D eigenvalue weighted by molar-refractivity contribution is 9.10. The van der Waals surface area contributed by atoms with Gasteiger partial charge in [-0.2, -0.15) is 0 Å². The van der Waals surface area contributed by atoms with Crippen LogP contribution in [-0.2, 0) is 0 Å². The van der Waals surface area contributed by atoms with E-state index in [1.165, 1.54) is 20.9 Å². The van der Waals surface area contributed by atoms with E-state index in [0.717, 1.165) is 26.1 Å². The number of anilines is 1. The average molecular weight is 333 g/mol. The van der Waals surface area contributed by atoms with Crippen molar-refractivity contribution in [2.75, 3.05) is 24.5 Å². The summed E-state index contributed by atoms with van der Waals surface area (Å²) in [5.74, 6) is 0. The normalized spacial score (nSPS) is 23.2. The second kappa shape index (κ2) is 5.38. The number of hydrogen-bond donors (Lipinski definition) is 1. The molecule has 1 aliphatic heterocycles. The molecule has 1 aliphatic rings. The third-order valence-electron chi connectivity index (χ3n) is 4.44. The first-order valence-electron chi connectivity index (χ1n) is 7.30. The Balaban J connectivity index is 2.04. The molecule has 0 bridgehead atoms. The van der Waals surface area contributed by atoms with Crippen LogP contribution in [0.1, 0.15) is 20.3 Å². The van der Waals surface area contributed by atoms with Gasteiger partial charge in [-0.25, -0.2) is 0 Å². The average Bonchev–Trinajstić information content (AvgIpc) is 2.48. The van der Waals surface area contributed by atoms with Gasteiger partial charge in [0, 0.05) is 40.7 Å². The minimum absolute atomic E-state index is 0.215. The highest BCUT2D eigenvalue weighted by atomic mass is 79.9. The zero-order valence-corrected chi connectivity index (χ0v) is 13.7. The molecule has 1 fully saturated rings. The molecule has 1 atom stereocenters. The number of fused-ring (bicyclic) bond motifs is 1. The van der Waals surface area contributed by atoms with E-state index in [4.69, 9.17) is 0 Å². The summed E-state index contributed by atoms with van der Waals surface area (Å²) in [6, 6.07) is 13.0. The Morgan fingerprint density at radius 2 is 1.95 bits per heavy atom. The fraction of sp³-hybridized carbons (Fsp3) is 0.412. The molecule has 0 radical (unpaired) electrons. The van der Waals surface area contributed by atoms with E-state index in [1.54, 1.807) is 0 Å². The number of halogens is 1. The van der Waals surface area contributed by atoms with Gasteiger partial charge in [0.05, 0.1) is 0 Å². The fourth-order valence-corrected chi connectivity index (χ4v) is 3.49. The second-order valence-electron chi connectivity index (χ2n) is 5.87. The molecule has 106 valence electrons. The SMILES string of the molecule is CCC1(C)CN(c2ccc(Br)c3ccccc23)CCN1. The van der Waals surface area contributed by atoms with Crippen LogP contribution in [-0.4, -0.2) is 25.2 Å². The molecule has 1 unspecified atom stereocenters. The summed E-state index contributed by atoms with van der Waals surface area (Å²) in [4.78, 5) is 2.52. The minimum atomic E-state index is 0.215. The molecule has 0 aromatic heterocycles. The van der Waals surface area contributed by atoms with E-state index in [0.29, 0.717) is 0 Å². The zero-order valence-electron chi connectivity index (χ0n) is 12.1. The highest BCUT2D eigenvalue weighted by Crippen LogP contribution is 2.33. The molecule has 0 amide bonds. The van der Waals surface area contributed by atoms with Crippen molar-refractivity contribution in [3.05, 3.63) is 40.9 Å². The van der Waals surface area contributed by atoms with Crippen molar-refractivity contribution in [3.8, 4) is 0 Å². The number of nitrogens with one attached hydrogen (secondary N) is 1. The predicted octanol–water partition coefficient (Wildman–Crippen LogP) is 4.18. The number of nitrogens with zero attached hydrogens (tertiary/aromatic N) is 1. The van der Waals surface area contributed by atoms with Crippen LogP contribution in [0, 0.1) is 0 Å². The molecule has 2 aromatic rings. The van der Waals surface area contributed by atoms with Crippen LogP contribution >= 0.6 is 15.9 Å². The lowest BCUT2D eigenvalue weighted by molar-refractivity contribution is 0.314. The van der Waals surface area contributed by atoms with Crippen LogP contribution in [0.2, 0.25) is 0 Å². The van der Waals surface area contributed by atoms with Gasteiger partial charge < -0.3 is 10.2 Å². The largest absolute Gasteiger partial charge is 0.368 e. The van der Waals surface area contributed by atoms with Gasteiger partial charge >= 0.3 is 0 Å². The lowest BCUT2D eigenvalue weighted by atomic mass is 9.95. The molecule has 3 heteroatoms. The van der Waals surface area contributed by atoms with Crippen LogP contribution in [0.3, 0.4) is 0 Å². The lowest BCUT2D eigenvalue weighted by Gasteiger charge is -2.42. The predicted molar refractivity (Wildman–Crippen MR) is 90.6 cm³/mol. The van der Waals surface area contributed by atoms with Gasteiger partial charge in [0.2, 0.25) is 0 Å². The van der Waals surface area contributed by atoms with E-state index >= 15 is 0 Å². The molecule has 2 nitrogen and oxygen atoms in total. The molecule has 1 N–H and O–H groups in total. The maximum absolute atomic E-state index is 3.66. The van der Waals surface area contributed by atoms with Gasteiger partial charge in [-0.05, 0) is 30.9 Å². The summed E-state index contributed by atoms with van der Waals surface area (Å²) >= 11 is 3.66. The quantitative estimate of drug-likeness (QED) is 0.887. The maximum atomic E-state index is 3.66. The van der Waals surface area contributed by atoms with Crippen LogP contribution in [0.15, 0.2) is 40.9 Å².